The summed E-state index contributed by atoms with van der Waals surface area (Å²) in [5, 5.41) is 6.03. The van der Waals surface area contributed by atoms with Gasteiger partial charge in [-0.1, -0.05) is 35.3 Å². The van der Waals surface area contributed by atoms with Crippen molar-refractivity contribution >= 4 is 62.5 Å². The lowest BCUT2D eigenvalue weighted by molar-refractivity contribution is -0.145. The lowest BCUT2D eigenvalue weighted by Gasteiger charge is -2.08. The van der Waals surface area contributed by atoms with E-state index in [-0.39, 0.29) is 30.3 Å². The Labute approximate surface area is 180 Å². The van der Waals surface area contributed by atoms with Crippen LogP contribution in [0.4, 0.5) is 0 Å². The zero-order valence-electron chi connectivity index (χ0n) is 14.9. The number of esters is 1. The fourth-order valence-electron chi connectivity index (χ4n) is 2.34. The van der Waals surface area contributed by atoms with Gasteiger partial charge in [0, 0.05) is 5.02 Å². The summed E-state index contributed by atoms with van der Waals surface area (Å²) < 4.78 is 6.11. The SMILES string of the molecule is O=C(CNC(=O)c1ccc(Cl)cc1Cl)NCC(=O)OCc1nc2ccccc2s1. The normalized spacial score (nSPS) is 10.6. The number of rotatable bonds is 7. The molecule has 0 bridgehead atoms. The van der Waals surface area contributed by atoms with Crippen LogP contribution in [0.1, 0.15) is 15.4 Å². The minimum atomic E-state index is -0.607. The second-order valence-electron chi connectivity index (χ2n) is 5.82. The largest absolute Gasteiger partial charge is 0.457 e. The molecule has 0 unspecified atom stereocenters. The Morgan fingerprint density at radius 2 is 1.83 bits per heavy atom. The molecule has 0 spiro atoms. The first-order chi connectivity index (χ1) is 13.9. The maximum absolute atomic E-state index is 12.0. The summed E-state index contributed by atoms with van der Waals surface area (Å²) in [6.45, 7) is -0.607. The van der Waals surface area contributed by atoms with Gasteiger partial charge < -0.3 is 15.4 Å². The number of carbonyl (C=O) groups is 3. The molecule has 3 rings (SSSR count). The molecule has 1 aromatic heterocycles. The second kappa shape index (κ2) is 9.69. The van der Waals surface area contributed by atoms with E-state index in [0.29, 0.717) is 10.0 Å². The van der Waals surface area contributed by atoms with Crippen LogP contribution in [-0.4, -0.2) is 35.9 Å². The van der Waals surface area contributed by atoms with Crippen LogP contribution >= 0.6 is 34.5 Å². The van der Waals surface area contributed by atoms with Gasteiger partial charge in [0.05, 0.1) is 27.3 Å². The van der Waals surface area contributed by atoms with E-state index in [2.05, 4.69) is 15.6 Å². The van der Waals surface area contributed by atoms with Crippen molar-refractivity contribution in [2.75, 3.05) is 13.1 Å². The molecule has 29 heavy (non-hydrogen) atoms. The number of hydrogen-bond donors (Lipinski definition) is 2. The topological polar surface area (TPSA) is 97.4 Å². The molecular formula is C19H15Cl2N3O4S. The van der Waals surface area contributed by atoms with Gasteiger partial charge in [0.2, 0.25) is 5.91 Å². The molecule has 0 aliphatic carbocycles. The first kappa shape index (κ1) is 21.0. The summed E-state index contributed by atoms with van der Waals surface area (Å²) in [5.74, 6) is -1.68. The second-order valence-corrected chi connectivity index (χ2v) is 7.78. The smallest absolute Gasteiger partial charge is 0.325 e. The van der Waals surface area contributed by atoms with Crippen molar-refractivity contribution in [3.63, 3.8) is 0 Å². The number of thiazole rings is 1. The summed E-state index contributed by atoms with van der Waals surface area (Å²) >= 11 is 13.2. The molecular weight excluding hydrogens is 437 g/mol. The van der Waals surface area contributed by atoms with E-state index >= 15 is 0 Å². The molecule has 0 fully saturated rings. The molecule has 0 radical (unpaired) electrons. The molecule has 0 atom stereocenters. The molecule has 2 N–H and O–H groups in total. The molecule has 1 heterocycles. The highest BCUT2D eigenvalue weighted by atomic mass is 35.5. The first-order valence-corrected chi connectivity index (χ1v) is 9.99. The van der Waals surface area contributed by atoms with Gasteiger partial charge in [0.1, 0.15) is 18.2 Å². The lowest BCUT2D eigenvalue weighted by Crippen LogP contribution is -2.39. The van der Waals surface area contributed by atoms with E-state index in [0.717, 1.165) is 10.2 Å². The van der Waals surface area contributed by atoms with Crippen molar-refractivity contribution in [1.29, 1.82) is 0 Å². The molecule has 0 saturated carbocycles. The van der Waals surface area contributed by atoms with Crippen LogP contribution in [-0.2, 0) is 20.9 Å². The van der Waals surface area contributed by atoms with Crippen molar-refractivity contribution in [2.45, 2.75) is 6.61 Å². The summed E-state index contributed by atoms with van der Waals surface area (Å²) in [4.78, 5) is 40.0. The Hall–Kier alpha value is -2.68. The Morgan fingerprint density at radius 1 is 1.03 bits per heavy atom. The fourth-order valence-corrected chi connectivity index (χ4v) is 3.71. The highest BCUT2D eigenvalue weighted by Gasteiger charge is 2.13. The van der Waals surface area contributed by atoms with Gasteiger partial charge >= 0.3 is 5.97 Å². The fraction of sp³-hybridized carbons (Fsp3) is 0.158. The van der Waals surface area contributed by atoms with Crippen LogP contribution in [0.25, 0.3) is 10.2 Å². The minimum absolute atomic E-state index is 0.0276. The average molecular weight is 452 g/mol. The Morgan fingerprint density at radius 3 is 2.59 bits per heavy atom. The summed E-state index contributed by atoms with van der Waals surface area (Å²) in [5.41, 5.74) is 1.03. The van der Waals surface area contributed by atoms with Crippen LogP contribution < -0.4 is 10.6 Å². The minimum Gasteiger partial charge on any atom is -0.457 e. The van der Waals surface area contributed by atoms with E-state index in [9.17, 15) is 14.4 Å². The van der Waals surface area contributed by atoms with Crippen LogP contribution in [0.3, 0.4) is 0 Å². The molecule has 2 amide bonds. The van der Waals surface area contributed by atoms with Gasteiger partial charge in [-0.2, -0.15) is 0 Å². The molecule has 2 aromatic carbocycles. The first-order valence-electron chi connectivity index (χ1n) is 8.42. The maximum Gasteiger partial charge on any atom is 0.325 e. The van der Waals surface area contributed by atoms with E-state index < -0.39 is 17.8 Å². The number of carbonyl (C=O) groups excluding carboxylic acids is 3. The number of fused-ring (bicyclic) bond motifs is 1. The van der Waals surface area contributed by atoms with Crippen LogP contribution in [0.15, 0.2) is 42.5 Å². The molecule has 0 saturated heterocycles. The number of nitrogens with zero attached hydrogens (tertiary/aromatic N) is 1. The predicted octanol–water partition coefficient (Wildman–Crippen LogP) is 3.19. The summed E-state index contributed by atoms with van der Waals surface area (Å²) in [7, 11) is 0. The van der Waals surface area contributed by atoms with Crippen LogP contribution in [0.5, 0.6) is 0 Å². The van der Waals surface area contributed by atoms with Gasteiger partial charge in [-0.15, -0.1) is 11.3 Å². The molecule has 150 valence electrons. The lowest BCUT2D eigenvalue weighted by atomic mass is 10.2. The quantitative estimate of drug-likeness (QED) is 0.537. The Balaban J connectivity index is 1.39. The zero-order chi connectivity index (χ0) is 20.8. The highest BCUT2D eigenvalue weighted by Crippen LogP contribution is 2.22. The number of ether oxygens (including phenoxy) is 1. The number of nitrogens with one attached hydrogen (secondary N) is 2. The van der Waals surface area contributed by atoms with Crippen molar-refractivity contribution in [2.24, 2.45) is 0 Å². The van der Waals surface area contributed by atoms with Crippen molar-refractivity contribution < 1.29 is 19.1 Å². The Bertz CT molecular complexity index is 1040. The third-order valence-corrected chi connectivity index (χ3v) is 5.27. The summed E-state index contributed by atoms with van der Waals surface area (Å²) in [6.07, 6.45) is 0. The van der Waals surface area contributed by atoms with Gasteiger partial charge in [0.15, 0.2) is 0 Å². The summed E-state index contributed by atoms with van der Waals surface area (Å²) in [6, 6.07) is 12.0. The molecule has 7 nitrogen and oxygen atoms in total. The molecule has 3 aromatic rings. The van der Waals surface area contributed by atoms with E-state index in [1.54, 1.807) is 0 Å². The number of amides is 2. The molecule has 0 aliphatic rings. The Kier molecular flexibility index (Phi) is 7.03. The average Bonchev–Trinajstić information content (AvgIpc) is 3.12. The van der Waals surface area contributed by atoms with Crippen LogP contribution in [0, 0.1) is 0 Å². The maximum atomic E-state index is 12.0. The standard InChI is InChI=1S/C19H15Cl2N3O4S/c20-11-5-6-12(13(21)7-11)19(27)23-8-16(25)22-9-18(26)28-10-17-24-14-3-1-2-4-15(14)29-17/h1-7H,8-10H2,(H,22,25)(H,23,27). The van der Waals surface area contributed by atoms with Crippen LogP contribution in [0.2, 0.25) is 10.0 Å². The highest BCUT2D eigenvalue weighted by molar-refractivity contribution is 7.18. The third-order valence-electron chi connectivity index (χ3n) is 3.71. The number of benzene rings is 2. The van der Waals surface area contributed by atoms with Crippen molar-refractivity contribution in [3.05, 3.63) is 63.1 Å². The number of hydrogen-bond acceptors (Lipinski definition) is 6. The van der Waals surface area contributed by atoms with Gasteiger partial charge in [-0.3, -0.25) is 14.4 Å². The third kappa shape index (κ3) is 5.90. The molecule has 0 aliphatic heterocycles. The monoisotopic (exact) mass is 451 g/mol. The van der Waals surface area contributed by atoms with Gasteiger partial charge in [-0.05, 0) is 30.3 Å². The van der Waals surface area contributed by atoms with Crippen molar-refractivity contribution in [1.82, 2.24) is 15.6 Å². The van der Waals surface area contributed by atoms with Gasteiger partial charge in [-0.25, -0.2) is 4.98 Å². The number of aromatic nitrogens is 1. The molecule has 10 heteroatoms. The van der Waals surface area contributed by atoms with E-state index in [4.69, 9.17) is 27.9 Å². The van der Waals surface area contributed by atoms with E-state index in [1.165, 1.54) is 29.5 Å². The zero-order valence-corrected chi connectivity index (χ0v) is 17.2. The predicted molar refractivity (Wildman–Crippen MR) is 111 cm³/mol. The number of halogens is 2. The van der Waals surface area contributed by atoms with Gasteiger partial charge in [0.25, 0.3) is 5.91 Å². The number of para-hydroxylation sites is 1. The van der Waals surface area contributed by atoms with E-state index in [1.807, 2.05) is 24.3 Å². The van der Waals surface area contributed by atoms with Crippen molar-refractivity contribution in [3.8, 4) is 0 Å².